The predicted molar refractivity (Wildman–Crippen MR) is 110 cm³/mol. The van der Waals surface area contributed by atoms with Crippen molar-refractivity contribution in [2.75, 3.05) is 6.61 Å². The number of amides is 2. The lowest BCUT2D eigenvalue weighted by atomic mass is 9.86. The van der Waals surface area contributed by atoms with Gasteiger partial charge in [-0.2, -0.15) is 0 Å². The van der Waals surface area contributed by atoms with Gasteiger partial charge in [0.1, 0.15) is 23.6 Å². The van der Waals surface area contributed by atoms with Crippen LogP contribution in [0.4, 0.5) is 4.79 Å². The molecule has 0 aromatic heterocycles. The monoisotopic (exact) mass is 445 g/mol. The molecular formula is C22H24BrNO4. The van der Waals surface area contributed by atoms with Gasteiger partial charge >= 0.3 is 6.09 Å². The summed E-state index contributed by atoms with van der Waals surface area (Å²) in [5.74, 6) is -0.524. The van der Waals surface area contributed by atoms with Crippen LogP contribution in [0.15, 0.2) is 54.6 Å². The van der Waals surface area contributed by atoms with Crippen LogP contribution in [0.3, 0.4) is 0 Å². The molecule has 0 spiro atoms. The van der Waals surface area contributed by atoms with E-state index in [1.54, 1.807) is 0 Å². The SMILES string of the molecule is CC(C)(C)c1ccc([C@H](O)[C@@H](Br)C(=O)N2C(=O)OC[C@@H]2c2ccccc2)cc1. The average molecular weight is 446 g/mol. The largest absolute Gasteiger partial charge is 0.446 e. The molecule has 1 aliphatic rings. The molecule has 2 aromatic rings. The number of cyclic esters (lactones) is 1. The van der Waals surface area contributed by atoms with Gasteiger partial charge < -0.3 is 9.84 Å². The van der Waals surface area contributed by atoms with E-state index in [0.717, 1.165) is 16.0 Å². The Morgan fingerprint density at radius 3 is 2.32 bits per heavy atom. The van der Waals surface area contributed by atoms with Crippen LogP contribution in [0.1, 0.15) is 49.6 Å². The second kappa shape index (κ2) is 8.05. The molecule has 5 nitrogen and oxygen atoms in total. The fraction of sp³-hybridized carbons (Fsp3) is 0.364. The maximum atomic E-state index is 13.0. The predicted octanol–water partition coefficient (Wildman–Crippen LogP) is 4.50. The molecule has 0 saturated carbocycles. The molecule has 28 heavy (non-hydrogen) atoms. The lowest BCUT2D eigenvalue weighted by molar-refractivity contribution is -0.130. The molecule has 0 aliphatic carbocycles. The summed E-state index contributed by atoms with van der Waals surface area (Å²) in [7, 11) is 0. The first-order valence-electron chi connectivity index (χ1n) is 9.17. The van der Waals surface area contributed by atoms with Crippen molar-refractivity contribution in [3.05, 3.63) is 71.3 Å². The van der Waals surface area contributed by atoms with Crippen molar-refractivity contribution in [2.45, 2.75) is 43.2 Å². The summed E-state index contributed by atoms with van der Waals surface area (Å²) in [6.45, 7) is 6.43. The molecule has 1 N–H and O–H groups in total. The van der Waals surface area contributed by atoms with Gasteiger partial charge in [-0.3, -0.25) is 4.79 Å². The third kappa shape index (κ3) is 4.13. The van der Waals surface area contributed by atoms with Crippen LogP contribution >= 0.6 is 15.9 Å². The van der Waals surface area contributed by atoms with Crippen LogP contribution in [-0.2, 0) is 14.9 Å². The molecule has 2 aromatic carbocycles. The molecule has 148 valence electrons. The Morgan fingerprint density at radius 2 is 1.75 bits per heavy atom. The minimum absolute atomic E-state index is 0.00464. The lowest BCUT2D eigenvalue weighted by Crippen LogP contribution is -2.41. The third-order valence-electron chi connectivity index (χ3n) is 4.93. The number of halogens is 1. The highest BCUT2D eigenvalue weighted by Crippen LogP contribution is 2.33. The molecule has 2 amide bonds. The number of carbonyl (C=O) groups is 2. The summed E-state index contributed by atoms with van der Waals surface area (Å²) in [5, 5.41) is 10.7. The Labute approximate surface area is 173 Å². The summed E-state index contributed by atoms with van der Waals surface area (Å²) < 4.78 is 5.11. The molecule has 0 radical (unpaired) electrons. The highest BCUT2D eigenvalue weighted by atomic mass is 79.9. The number of imide groups is 1. The van der Waals surface area contributed by atoms with Crippen molar-refractivity contribution in [2.24, 2.45) is 0 Å². The van der Waals surface area contributed by atoms with Gasteiger partial charge in [0, 0.05) is 0 Å². The van der Waals surface area contributed by atoms with E-state index in [1.165, 1.54) is 0 Å². The maximum absolute atomic E-state index is 13.0. The highest BCUT2D eigenvalue weighted by molar-refractivity contribution is 9.10. The topological polar surface area (TPSA) is 66.8 Å². The Balaban J connectivity index is 1.79. The molecule has 1 aliphatic heterocycles. The first-order chi connectivity index (χ1) is 13.2. The van der Waals surface area contributed by atoms with Gasteiger partial charge in [-0.05, 0) is 22.1 Å². The van der Waals surface area contributed by atoms with E-state index in [0.29, 0.717) is 5.56 Å². The number of hydrogen-bond acceptors (Lipinski definition) is 4. The summed E-state index contributed by atoms with van der Waals surface area (Å²) >= 11 is 3.29. The van der Waals surface area contributed by atoms with Gasteiger partial charge in [0.05, 0.1) is 0 Å². The zero-order valence-corrected chi connectivity index (χ0v) is 17.7. The number of carbonyl (C=O) groups excluding carboxylic acids is 2. The van der Waals surface area contributed by atoms with Crippen LogP contribution in [0.5, 0.6) is 0 Å². The fourth-order valence-corrected chi connectivity index (χ4v) is 3.73. The standard InChI is InChI=1S/C22H24BrNO4/c1-22(2,3)16-11-9-15(10-12-16)19(25)18(23)20(26)24-17(13-28-21(24)27)14-7-5-4-6-8-14/h4-12,17-19,25H,13H2,1-3H3/t17-,18-,19+/m1/s1. The Kier molecular flexibility index (Phi) is 5.91. The Morgan fingerprint density at radius 1 is 1.14 bits per heavy atom. The van der Waals surface area contributed by atoms with Crippen molar-refractivity contribution in [1.82, 2.24) is 4.90 Å². The number of benzene rings is 2. The number of ether oxygens (including phenoxy) is 1. The first-order valence-corrected chi connectivity index (χ1v) is 10.1. The van der Waals surface area contributed by atoms with E-state index >= 15 is 0 Å². The van der Waals surface area contributed by atoms with Gasteiger partial charge in [0.25, 0.3) is 0 Å². The number of aliphatic hydroxyl groups excluding tert-OH is 1. The fourth-order valence-electron chi connectivity index (χ4n) is 3.20. The van der Waals surface area contributed by atoms with Crippen LogP contribution in [0.25, 0.3) is 0 Å². The molecule has 1 fully saturated rings. The van der Waals surface area contributed by atoms with Gasteiger partial charge in [-0.25, -0.2) is 9.69 Å². The summed E-state index contributed by atoms with van der Waals surface area (Å²) in [6, 6.07) is 16.3. The molecule has 0 unspecified atom stereocenters. The van der Waals surface area contributed by atoms with Crippen LogP contribution < -0.4 is 0 Å². The normalized spacial score (nSPS) is 19.2. The third-order valence-corrected chi connectivity index (χ3v) is 5.82. The van der Waals surface area contributed by atoms with E-state index in [2.05, 4.69) is 36.7 Å². The van der Waals surface area contributed by atoms with Crippen LogP contribution in [-0.4, -0.2) is 33.4 Å². The van der Waals surface area contributed by atoms with E-state index in [-0.39, 0.29) is 12.0 Å². The highest BCUT2D eigenvalue weighted by Gasteiger charge is 2.43. The van der Waals surface area contributed by atoms with Gasteiger partial charge in [0.2, 0.25) is 5.91 Å². The van der Waals surface area contributed by atoms with E-state index in [1.807, 2.05) is 54.6 Å². The number of alkyl halides is 1. The Hall–Kier alpha value is -2.18. The summed E-state index contributed by atoms with van der Waals surface area (Å²) in [4.78, 5) is 25.3. The molecule has 3 atom stereocenters. The maximum Gasteiger partial charge on any atom is 0.417 e. The molecule has 1 heterocycles. The molecule has 0 bridgehead atoms. The smallest absolute Gasteiger partial charge is 0.417 e. The van der Waals surface area contributed by atoms with Crippen molar-refractivity contribution in [3.8, 4) is 0 Å². The number of aliphatic hydroxyl groups is 1. The second-order valence-corrected chi connectivity index (χ2v) is 8.92. The van der Waals surface area contributed by atoms with Crippen molar-refractivity contribution in [1.29, 1.82) is 0 Å². The Bertz CT molecular complexity index is 845. The summed E-state index contributed by atoms with van der Waals surface area (Å²) in [6.07, 6.45) is -1.79. The van der Waals surface area contributed by atoms with E-state index in [9.17, 15) is 14.7 Å². The zero-order chi connectivity index (χ0) is 20.5. The zero-order valence-electron chi connectivity index (χ0n) is 16.1. The number of hydrogen-bond donors (Lipinski definition) is 1. The van der Waals surface area contributed by atoms with Crippen molar-refractivity contribution >= 4 is 27.9 Å². The minimum Gasteiger partial charge on any atom is -0.446 e. The summed E-state index contributed by atoms with van der Waals surface area (Å²) in [5.41, 5.74) is 2.54. The van der Waals surface area contributed by atoms with Crippen LogP contribution in [0.2, 0.25) is 0 Å². The van der Waals surface area contributed by atoms with Crippen LogP contribution in [0, 0.1) is 0 Å². The van der Waals surface area contributed by atoms with E-state index in [4.69, 9.17) is 4.74 Å². The minimum atomic E-state index is -1.09. The number of nitrogens with zero attached hydrogens (tertiary/aromatic N) is 1. The van der Waals surface area contributed by atoms with Gasteiger partial charge in [0.15, 0.2) is 0 Å². The number of rotatable bonds is 4. The average Bonchev–Trinajstić information content (AvgIpc) is 3.07. The second-order valence-electron chi connectivity index (χ2n) is 7.93. The molecule has 6 heteroatoms. The van der Waals surface area contributed by atoms with Gasteiger partial charge in [-0.15, -0.1) is 0 Å². The van der Waals surface area contributed by atoms with Crippen molar-refractivity contribution in [3.63, 3.8) is 0 Å². The molecule has 1 saturated heterocycles. The quantitative estimate of drug-likeness (QED) is 0.703. The lowest BCUT2D eigenvalue weighted by Gasteiger charge is -2.25. The van der Waals surface area contributed by atoms with Crippen molar-refractivity contribution < 1.29 is 19.4 Å². The molecular weight excluding hydrogens is 422 g/mol. The first kappa shape index (κ1) is 20.6. The van der Waals surface area contributed by atoms with Gasteiger partial charge in [-0.1, -0.05) is 91.3 Å². The van der Waals surface area contributed by atoms with E-state index < -0.39 is 29.0 Å². The molecule has 3 rings (SSSR count).